The third-order valence-corrected chi connectivity index (χ3v) is 10.7. The zero-order chi connectivity index (χ0) is 36.0. The molecule has 0 aliphatic carbocycles. The molecule has 8 nitrogen and oxygen atoms in total. The second kappa shape index (κ2) is 47.4. The second-order valence-corrected chi connectivity index (χ2v) is 16.4. The van der Waals surface area contributed by atoms with Gasteiger partial charge in [0.1, 0.15) is 0 Å². The van der Waals surface area contributed by atoms with Gasteiger partial charge in [0.05, 0.1) is 26.4 Å². The first kappa shape index (κ1) is 61.5. The predicted octanol–water partition coefficient (Wildman–Crippen LogP) is 13.2. The Morgan fingerprint density at radius 3 is 0.961 bits per heavy atom. The fourth-order valence-electron chi connectivity index (χ4n) is 5.41. The van der Waals surface area contributed by atoms with Crippen molar-refractivity contribution < 1.29 is 71.1 Å². The van der Waals surface area contributed by atoms with Gasteiger partial charge in [-0.15, -0.1) is 0 Å². The largest absolute Gasteiger partial charge is 2.00 e. The van der Waals surface area contributed by atoms with Crippen molar-refractivity contribution in [3.8, 4) is 0 Å². The second-order valence-electron chi connectivity index (χ2n) is 13.5. The molecule has 51 heavy (non-hydrogen) atoms. The van der Waals surface area contributed by atoms with Gasteiger partial charge in [0.25, 0.3) is 15.6 Å². The number of unbranched alkanes of at least 4 members (excludes halogenated alkanes) is 22. The van der Waals surface area contributed by atoms with Crippen molar-refractivity contribution in [1.82, 2.24) is 0 Å². The Morgan fingerprint density at radius 2 is 0.667 bits per heavy atom. The van der Waals surface area contributed by atoms with Crippen molar-refractivity contribution >= 4 is 15.6 Å². The number of hydrogen-bond donors (Lipinski definition) is 0. The van der Waals surface area contributed by atoms with Crippen LogP contribution >= 0.6 is 15.6 Å². The van der Waals surface area contributed by atoms with E-state index < -0.39 is 15.6 Å². The van der Waals surface area contributed by atoms with Crippen molar-refractivity contribution in [3.05, 3.63) is 0 Å². The molecule has 0 aromatic heterocycles. The van der Waals surface area contributed by atoms with E-state index in [9.17, 15) is 18.9 Å². The number of phosphoric ester groups is 2. The zero-order valence-electron chi connectivity index (χ0n) is 33.0. The first-order valence-electron chi connectivity index (χ1n) is 20.4. The van der Waals surface area contributed by atoms with E-state index in [4.69, 9.17) is 18.1 Å². The van der Waals surface area contributed by atoms with Crippen LogP contribution in [0.1, 0.15) is 222 Å². The van der Waals surface area contributed by atoms with E-state index >= 15 is 0 Å². The first-order chi connectivity index (χ1) is 23.2. The summed E-state index contributed by atoms with van der Waals surface area (Å²) in [5.41, 5.74) is 0. The van der Waals surface area contributed by atoms with E-state index in [2.05, 4.69) is 34.6 Å². The summed E-state index contributed by atoms with van der Waals surface area (Å²) in [6.45, 7) is 11.8. The van der Waals surface area contributed by atoms with Gasteiger partial charge in [-0.2, -0.15) is 0 Å². The van der Waals surface area contributed by atoms with Gasteiger partial charge in [0.2, 0.25) is 0 Å². The van der Waals surface area contributed by atoms with Crippen molar-refractivity contribution in [2.24, 2.45) is 5.92 Å². The predicted molar refractivity (Wildman–Crippen MR) is 207 cm³/mol. The molecule has 0 saturated heterocycles. The van der Waals surface area contributed by atoms with Gasteiger partial charge in [0, 0.05) is 0 Å². The number of rotatable bonds is 37. The molecule has 2 radical (unpaired) electrons. The summed E-state index contributed by atoms with van der Waals surface area (Å²) >= 11 is 0. The third kappa shape index (κ3) is 51.3. The number of hydrogen-bond acceptors (Lipinski definition) is 8. The van der Waals surface area contributed by atoms with Crippen LogP contribution in [0.3, 0.4) is 0 Å². The van der Waals surface area contributed by atoms with Crippen LogP contribution in [-0.4, -0.2) is 26.4 Å². The van der Waals surface area contributed by atoms with E-state index in [0.29, 0.717) is 5.92 Å². The van der Waals surface area contributed by atoms with E-state index in [1.54, 1.807) is 0 Å². The SMILES string of the molecule is C.CCCCCCCCCCCCOP(=O)([O-])OCCCCCCCCCCCC.CCCCCCOP(=O)([O-])OCC(CC)CCCC.[Cu+2].[Cu+2]. The van der Waals surface area contributed by atoms with E-state index in [-0.39, 0.29) is 68.0 Å². The van der Waals surface area contributed by atoms with Gasteiger partial charge in [-0.05, 0) is 31.6 Å². The van der Waals surface area contributed by atoms with E-state index in [1.807, 2.05) is 0 Å². The molecule has 0 bridgehead atoms. The first-order valence-corrected chi connectivity index (χ1v) is 23.3. The Bertz CT molecular complexity index is 707. The minimum atomic E-state index is -4.10. The van der Waals surface area contributed by atoms with Crippen molar-refractivity contribution in [2.75, 3.05) is 26.4 Å². The van der Waals surface area contributed by atoms with Crippen molar-refractivity contribution in [1.29, 1.82) is 0 Å². The van der Waals surface area contributed by atoms with Gasteiger partial charge >= 0.3 is 34.1 Å². The summed E-state index contributed by atoms with van der Waals surface area (Å²) in [6, 6.07) is 0. The van der Waals surface area contributed by atoms with E-state index in [0.717, 1.165) is 77.0 Å². The molecule has 0 heterocycles. The summed E-state index contributed by atoms with van der Waals surface area (Å²) in [4.78, 5) is 23.3. The molecule has 0 spiro atoms. The maximum atomic E-state index is 11.7. The monoisotopic (exact) mass is 868 g/mol. The molecule has 0 aliphatic rings. The van der Waals surface area contributed by atoms with Crippen molar-refractivity contribution in [3.63, 3.8) is 0 Å². The molecule has 0 amide bonds. The molecular weight excluding hydrogens is 785 g/mol. The molecule has 0 aromatic rings. The third-order valence-electron chi connectivity index (χ3n) is 8.75. The smallest absolute Gasteiger partial charge is 0.756 e. The summed E-state index contributed by atoms with van der Waals surface area (Å²) < 4.78 is 43.0. The van der Waals surface area contributed by atoms with Crippen LogP contribution in [0.4, 0.5) is 0 Å². The normalized spacial score (nSPS) is 12.8. The molecule has 318 valence electrons. The molecule has 0 rings (SSSR count). The molecule has 0 fully saturated rings. The Hall–Kier alpha value is 1.26. The van der Waals surface area contributed by atoms with Crippen LogP contribution in [-0.2, 0) is 61.4 Å². The van der Waals surface area contributed by atoms with Crippen LogP contribution in [0.2, 0.25) is 0 Å². The molecule has 0 N–H and O–H groups in total. The van der Waals surface area contributed by atoms with Crippen LogP contribution in [0.25, 0.3) is 0 Å². The molecule has 2 atom stereocenters. The molecule has 0 aliphatic heterocycles. The Morgan fingerprint density at radius 1 is 0.412 bits per heavy atom. The van der Waals surface area contributed by atoms with Gasteiger partial charge < -0.3 is 27.9 Å². The standard InChI is InChI=1S/C24H51O4P.C14H31O4P.CH4.2Cu/c1-3-5-7-9-11-13-15-17-19-21-23-27-29(25,26)28-24-22-20-18-16-14-12-10-8-6-4-2;1-4-7-9-10-12-17-19(15,16)18-13-14(6-3)11-8-5-2;;;/h3-24H2,1-2H3,(H,25,26);14H,4-13H2,1-3H3,(H,15,16);1H4;;/q;;;2*+2/p-2. The van der Waals surface area contributed by atoms with Crippen molar-refractivity contribution in [2.45, 2.75) is 222 Å². The maximum Gasteiger partial charge on any atom is 2.00 e. The minimum absolute atomic E-state index is 0. The van der Waals surface area contributed by atoms with Crippen LogP contribution in [0, 0.1) is 5.92 Å². The maximum absolute atomic E-state index is 11.7. The fourth-order valence-corrected chi connectivity index (χ4v) is 7.01. The van der Waals surface area contributed by atoms with Gasteiger partial charge in [-0.3, -0.25) is 9.13 Å². The summed E-state index contributed by atoms with van der Waals surface area (Å²) in [5.74, 6) is 0.311. The Balaban J connectivity index is -0.000000281. The summed E-state index contributed by atoms with van der Waals surface area (Å²) in [7, 11) is -8.19. The average molecular weight is 870 g/mol. The summed E-state index contributed by atoms with van der Waals surface area (Å²) in [5, 5.41) is 0. The fraction of sp³-hybridized carbons (Fsp3) is 1.00. The van der Waals surface area contributed by atoms with Crippen LogP contribution in [0.15, 0.2) is 0 Å². The molecule has 0 aromatic carbocycles. The topological polar surface area (TPSA) is 117 Å². The van der Waals surface area contributed by atoms with Gasteiger partial charge in [-0.25, -0.2) is 0 Å². The zero-order valence-corrected chi connectivity index (χ0v) is 36.6. The van der Waals surface area contributed by atoms with Crippen LogP contribution in [0.5, 0.6) is 0 Å². The summed E-state index contributed by atoms with van der Waals surface area (Å²) in [6.07, 6.45) is 32.7. The Labute approximate surface area is 339 Å². The van der Waals surface area contributed by atoms with Gasteiger partial charge in [0.15, 0.2) is 0 Å². The minimum Gasteiger partial charge on any atom is -0.756 e. The Kier molecular flexibility index (Phi) is 57.2. The molecular formula is C39H84Cu2O8P2+2. The van der Waals surface area contributed by atoms with E-state index in [1.165, 1.54) is 103 Å². The quantitative estimate of drug-likeness (QED) is 0.0344. The number of phosphoric acid groups is 2. The average Bonchev–Trinajstić information content (AvgIpc) is 3.06. The molecule has 12 heteroatoms. The molecule has 2 unspecified atom stereocenters. The van der Waals surface area contributed by atoms with Gasteiger partial charge in [-0.1, -0.05) is 196 Å². The molecule has 0 saturated carbocycles. The van der Waals surface area contributed by atoms with Crippen LogP contribution < -0.4 is 9.79 Å².